The predicted molar refractivity (Wildman–Crippen MR) is 104 cm³/mol. The van der Waals surface area contributed by atoms with Gasteiger partial charge in [-0.05, 0) is 26.8 Å². The van der Waals surface area contributed by atoms with Gasteiger partial charge in [0, 0.05) is 31.7 Å². The highest BCUT2D eigenvalue weighted by molar-refractivity contribution is 5.95. The molecule has 0 aliphatic carbocycles. The van der Waals surface area contributed by atoms with Crippen molar-refractivity contribution in [3.05, 3.63) is 58.9 Å². The Balaban J connectivity index is 1.34. The van der Waals surface area contributed by atoms with Crippen molar-refractivity contribution in [2.75, 3.05) is 26.2 Å². The number of carbonyl (C=O) groups is 1. The second-order valence-electron chi connectivity index (χ2n) is 7.27. The number of piperazine rings is 1. The van der Waals surface area contributed by atoms with Crippen LogP contribution in [0.4, 0.5) is 0 Å². The third-order valence-electron chi connectivity index (χ3n) is 5.07. The van der Waals surface area contributed by atoms with Gasteiger partial charge in [-0.1, -0.05) is 35.0 Å². The van der Waals surface area contributed by atoms with Crippen molar-refractivity contribution in [3.63, 3.8) is 0 Å². The van der Waals surface area contributed by atoms with E-state index in [9.17, 15) is 4.79 Å². The van der Waals surface area contributed by atoms with Gasteiger partial charge in [-0.3, -0.25) is 9.69 Å². The van der Waals surface area contributed by atoms with Crippen LogP contribution in [0.2, 0.25) is 0 Å². The zero-order chi connectivity index (χ0) is 19.7. The largest absolute Gasteiger partial charge is 0.466 e. The van der Waals surface area contributed by atoms with Gasteiger partial charge in [0.2, 0.25) is 11.7 Å². The topological polar surface area (TPSA) is 75.6 Å². The highest BCUT2D eigenvalue weighted by atomic mass is 16.5. The quantitative estimate of drug-likeness (QED) is 0.692. The monoisotopic (exact) mass is 380 g/mol. The molecule has 3 heterocycles. The number of aryl methyl sites for hydroxylation is 3. The number of nitrogens with zero attached hydrogens (tertiary/aromatic N) is 4. The van der Waals surface area contributed by atoms with Crippen molar-refractivity contribution in [1.29, 1.82) is 0 Å². The number of furan rings is 1. The van der Waals surface area contributed by atoms with E-state index in [0.29, 0.717) is 42.7 Å². The Morgan fingerprint density at radius 2 is 1.79 bits per heavy atom. The smallest absolute Gasteiger partial charge is 0.257 e. The number of rotatable bonds is 4. The van der Waals surface area contributed by atoms with E-state index in [4.69, 9.17) is 8.94 Å². The minimum Gasteiger partial charge on any atom is -0.466 e. The molecule has 7 heteroatoms. The Hall–Kier alpha value is -2.93. The summed E-state index contributed by atoms with van der Waals surface area (Å²) in [7, 11) is 0. The van der Waals surface area contributed by atoms with E-state index in [1.807, 2.05) is 56.0 Å². The lowest BCUT2D eigenvalue weighted by atomic mass is 10.1. The lowest BCUT2D eigenvalue weighted by Crippen LogP contribution is -2.48. The van der Waals surface area contributed by atoms with Crippen LogP contribution in [-0.4, -0.2) is 52.0 Å². The fraction of sp³-hybridized carbons (Fsp3) is 0.381. The SMILES string of the molecule is Cc1ccc(-c2noc(CN3CCN(C(=O)c4cc(C)oc4C)CC3)n2)cc1. The molecule has 2 aromatic heterocycles. The summed E-state index contributed by atoms with van der Waals surface area (Å²) in [6.07, 6.45) is 0. The standard InChI is InChI=1S/C21H24N4O3/c1-14-4-6-17(7-5-14)20-22-19(28-23-20)13-24-8-10-25(11-9-24)21(26)18-12-15(2)27-16(18)3/h4-7,12H,8-11,13H2,1-3H3. The van der Waals surface area contributed by atoms with Gasteiger partial charge < -0.3 is 13.8 Å². The minimum absolute atomic E-state index is 0.0356. The summed E-state index contributed by atoms with van der Waals surface area (Å²) in [6, 6.07) is 9.87. The van der Waals surface area contributed by atoms with Crippen molar-refractivity contribution in [1.82, 2.24) is 19.9 Å². The van der Waals surface area contributed by atoms with Crippen molar-refractivity contribution in [3.8, 4) is 11.4 Å². The van der Waals surface area contributed by atoms with Crippen LogP contribution in [0.3, 0.4) is 0 Å². The van der Waals surface area contributed by atoms with Crippen molar-refractivity contribution in [2.24, 2.45) is 0 Å². The van der Waals surface area contributed by atoms with Crippen LogP contribution in [0, 0.1) is 20.8 Å². The van der Waals surface area contributed by atoms with Gasteiger partial charge in [-0.25, -0.2) is 0 Å². The maximum absolute atomic E-state index is 12.7. The number of hydrogen-bond donors (Lipinski definition) is 0. The van der Waals surface area contributed by atoms with Gasteiger partial charge in [-0.15, -0.1) is 0 Å². The molecule has 0 bridgehead atoms. The first kappa shape index (κ1) is 18.4. The second kappa shape index (κ2) is 7.59. The number of amides is 1. The molecule has 0 N–H and O–H groups in total. The Labute approximate surface area is 163 Å². The molecule has 1 aliphatic heterocycles. The summed E-state index contributed by atoms with van der Waals surface area (Å²) in [5.74, 6) is 2.68. The molecule has 7 nitrogen and oxygen atoms in total. The molecule has 4 rings (SSSR count). The third kappa shape index (κ3) is 3.84. The first-order chi connectivity index (χ1) is 13.5. The summed E-state index contributed by atoms with van der Waals surface area (Å²) < 4.78 is 10.9. The van der Waals surface area contributed by atoms with E-state index in [2.05, 4.69) is 15.0 Å². The highest BCUT2D eigenvalue weighted by Gasteiger charge is 2.25. The fourth-order valence-corrected chi connectivity index (χ4v) is 3.45. The van der Waals surface area contributed by atoms with Gasteiger partial charge in [0.25, 0.3) is 5.91 Å². The van der Waals surface area contributed by atoms with Crippen molar-refractivity contribution in [2.45, 2.75) is 27.3 Å². The van der Waals surface area contributed by atoms with Gasteiger partial charge >= 0.3 is 0 Å². The Morgan fingerprint density at radius 3 is 2.43 bits per heavy atom. The molecule has 0 radical (unpaired) electrons. The molecule has 3 aromatic rings. The molecular weight excluding hydrogens is 356 g/mol. The molecule has 0 atom stereocenters. The molecule has 1 aromatic carbocycles. The molecule has 28 heavy (non-hydrogen) atoms. The van der Waals surface area contributed by atoms with Crippen LogP contribution < -0.4 is 0 Å². The van der Waals surface area contributed by atoms with E-state index in [1.165, 1.54) is 5.56 Å². The Bertz CT molecular complexity index is 966. The van der Waals surface area contributed by atoms with Crippen LogP contribution in [-0.2, 0) is 6.54 Å². The van der Waals surface area contributed by atoms with Gasteiger partial charge in [0.15, 0.2) is 0 Å². The van der Waals surface area contributed by atoms with Gasteiger partial charge in [0.05, 0.1) is 12.1 Å². The van der Waals surface area contributed by atoms with Crippen LogP contribution in [0.25, 0.3) is 11.4 Å². The summed E-state index contributed by atoms with van der Waals surface area (Å²) in [5.41, 5.74) is 2.80. The number of aromatic nitrogens is 2. The van der Waals surface area contributed by atoms with Crippen LogP contribution in [0.1, 0.15) is 33.3 Å². The van der Waals surface area contributed by atoms with Crippen molar-refractivity contribution < 1.29 is 13.7 Å². The fourth-order valence-electron chi connectivity index (χ4n) is 3.45. The molecule has 1 amide bonds. The molecule has 0 unspecified atom stereocenters. The van der Waals surface area contributed by atoms with E-state index >= 15 is 0 Å². The molecule has 146 valence electrons. The maximum atomic E-state index is 12.7. The molecule has 0 spiro atoms. The lowest BCUT2D eigenvalue weighted by molar-refractivity contribution is 0.0613. The third-order valence-corrected chi connectivity index (χ3v) is 5.07. The highest BCUT2D eigenvalue weighted by Crippen LogP contribution is 2.19. The average Bonchev–Trinajstić information content (AvgIpc) is 3.28. The molecule has 1 saturated heterocycles. The average molecular weight is 380 g/mol. The van der Waals surface area contributed by atoms with E-state index in [-0.39, 0.29) is 5.91 Å². The Morgan fingerprint density at radius 1 is 1.07 bits per heavy atom. The van der Waals surface area contributed by atoms with E-state index in [0.717, 1.165) is 24.4 Å². The summed E-state index contributed by atoms with van der Waals surface area (Å²) in [4.78, 5) is 21.3. The lowest BCUT2D eigenvalue weighted by Gasteiger charge is -2.33. The number of benzene rings is 1. The first-order valence-corrected chi connectivity index (χ1v) is 9.48. The van der Waals surface area contributed by atoms with Gasteiger partial charge in [0.1, 0.15) is 11.5 Å². The van der Waals surface area contributed by atoms with E-state index in [1.54, 1.807) is 0 Å². The predicted octanol–water partition coefficient (Wildman–Crippen LogP) is 3.21. The van der Waals surface area contributed by atoms with Gasteiger partial charge in [-0.2, -0.15) is 4.98 Å². The summed E-state index contributed by atoms with van der Waals surface area (Å²) >= 11 is 0. The zero-order valence-corrected chi connectivity index (χ0v) is 16.4. The number of hydrogen-bond acceptors (Lipinski definition) is 6. The number of carbonyl (C=O) groups excluding carboxylic acids is 1. The second-order valence-corrected chi connectivity index (χ2v) is 7.27. The van der Waals surface area contributed by atoms with Crippen LogP contribution >= 0.6 is 0 Å². The molecule has 1 aliphatic rings. The maximum Gasteiger partial charge on any atom is 0.257 e. The molecule has 1 fully saturated rings. The first-order valence-electron chi connectivity index (χ1n) is 9.48. The van der Waals surface area contributed by atoms with Crippen LogP contribution in [0.5, 0.6) is 0 Å². The zero-order valence-electron chi connectivity index (χ0n) is 16.4. The Kier molecular flexibility index (Phi) is 5.00. The molecular formula is C21H24N4O3. The normalized spacial score (nSPS) is 15.2. The summed E-state index contributed by atoms with van der Waals surface area (Å²) in [5, 5.41) is 4.09. The van der Waals surface area contributed by atoms with E-state index < -0.39 is 0 Å². The van der Waals surface area contributed by atoms with Crippen LogP contribution in [0.15, 0.2) is 39.3 Å². The van der Waals surface area contributed by atoms with Crippen molar-refractivity contribution >= 4 is 5.91 Å². The summed E-state index contributed by atoms with van der Waals surface area (Å²) in [6.45, 7) is 9.20. The minimum atomic E-state index is 0.0356. The molecule has 0 saturated carbocycles.